The number of hydrogen-bond donors (Lipinski definition) is 0. The highest BCUT2D eigenvalue weighted by Gasteiger charge is 2.21. The van der Waals surface area contributed by atoms with Gasteiger partial charge in [-0.2, -0.15) is 0 Å². The summed E-state index contributed by atoms with van der Waals surface area (Å²) in [7, 11) is 0. The highest BCUT2D eigenvalue weighted by molar-refractivity contribution is 7.99. The summed E-state index contributed by atoms with van der Waals surface area (Å²) in [6.07, 6.45) is 4.40. The molecule has 5 nitrogen and oxygen atoms in total. The summed E-state index contributed by atoms with van der Waals surface area (Å²) in [5.41, 5.74) is 1.28. The second kappa shape index (κ2) is 8.89. The van der Waals surface area contributed by atoms with Gasteiger partial charge in [0, 0.05) is 18.0 Å². The zero-order valence-electron chi connectivity index (χ0n) is 17.1. The molecule has 0 bridgehead atoms. The van der Waals surface area contributed by atoms with E-state index in [1.807, 2.05) is 18.7 Å². The third-order valence-electron chi connectivity index (χ3n) is 5.54. The van der Waals surface area contributed by atoms with E-state index in [1.54, 1.807) is 12.1 Å². The molecule has 30 heavy (non-hydrogen) atoms. The first-order chi connectivity index (χ1) is 14.5. The Labute approximate surface area is 182 Å². The Morgan fingerprint density at radius 3 is 2.47 bits per heavy atom. The van der Waals surface area contributed by atoms with Gasteiger partial charge in [0.25, 0.3) is 5.56 Å². The van der Waals surface area contributed by atoms with Crippen LogP contribution in [0.1, 0.15) is 36.1 Å². The van der Waals surface area contributed by atoms with Gasteiger partial charge in [0.2, 0.25) is 5.91 Å². The number of benzene rings is 1. The quantitative estimate of drug-likeness (QED) is 0.432. The Balaban J connectivity index is 1.72. The molecule has 2 aromatic heterocycles. The van der Waals surface area contributed by atoms with Gasteiger partial charge in [-0.05, 0) is 56.5 Å². The van der Waals surface area contributed by atoms with E-state index in [4.69, 9.17) is 4.98 Å². The van der Waals surface area contributed by atoms with Crippen LogP contribution in [-0.4, -0.2) is 39.2 Å². The van der Waals surface area contributed by atoms with Crippen molar-refractivity contribution >= 4 is 39.2 Å². The fourth-order valence-corrected chi connectivity index (χ4v) is 5.71. The van der Waals surface area contributed by atoms with Crippen molar-refractivity contribution in [2.24, 2.45) is 0 Å². The molecule has 0 spiro atoms. The summed E-state index contributed by atoms with van der Waals surface area (Å²) in [6.45, 7) is 5.47. The van der Waals surface area contributed by atoms with Crippen LogP contribution in [-0.2, 0) is 4.79 Å². The molecule has 0 N–H and O–H groups in total. The van der Waals surface area contributed by atoms with Crippen molar-refractivity contribution in [2.75, 3.05) is 18.8 Å². The molecule has 0 saturated carbocycles. The minimum atomic E-state index is -0.367. The first kappa shape index (κ1) is 21.1. The van der Waals surface area contributed by atoms with Gasteiger partial charge in [-0.3, -0.25) is 14.2 Å². The lowest BCUT2D eigenvalue weighted by molar-refractivity contribution is -0.128. The summed E-state index contributed by atoms with van der Waals surface area (Å²) in [4.78, 5) is 34.5. The standard InChI is InChI=1S/C22H24FN3O2S2/c1-14-15(2)30-20-19(14)21(28)26(17-9-7-16(23)8-10-17)22(24-20)29-13-18(27)25-11-5-3-4-6-12-25/h7-10H,3-6,11-13H2,1-2H3. The number of carbonyl (C=O) groups is 1. The lowest BCUT2D eigenvalue weighted by Gasteiger charge is -2.20. The van der Waals surface area contributed by atoms with Crippen molar-refractivity contribution in [1.29, 1.82) is 0 Å². The van der Waals surface area contributed by atoms with E-state index in [-0.39, 0.29) is 23.0 Å². The van der Waals surface area contributed by atoms with Crippen LogP contribution in [0, 0.1) is 19.7 Å². The number of thiophene rings is 1. The maximum absolute atomic E-state index is 13.5. The number of rotatable bonds is 4. The third-order valence-corrected chi connectivity index (χ3v) is 7.56. The van der Waals surface area contributed by atoms with Gasteiger partial charge in [-0.15, -0.1) is 11.3 Å². The van der Waals surface area contributed by atoms with Gasteiger partial charge in [0.15, 0.2) is 5.16 Å². The Morgan fingerprint density at radius 2 is 1.80 bits per heavy atom. The predicted molar refractivity (Wildman–Crippen MR) is 120 cm³/mol. The fourth-order valence-electron chi connectivity index (χ4n) is 3.73. The van der Waals surface area contributed by atoms with Crippen molar-refractivity contribution < 1.29 is 9.18 Å². The van der Waals surface area contributed by atoms with Crippen LogP contribution in [0.15, 0.2) is 34.2 Å². The normalized spacial score (nSPS) is 14.8. The molecule has 1 amide bonds. The van der Waals surface area contributed by atoms with Crippen LogP contribution in [0.25, 0.3) is 15.9 Å². The monoisotopic (exact) mass is 445 g/mol. The van der Waals surface area contributed by atoms with Crippen molar-refractivity contribution in [3.05, 3.63) is 50.9 Å². The number of carbonyl (C=O) groups excluding carboxylic acids is 1. The van der Waals surface area contributed by atoms with Crippen LogP contribution >= 0.6 is 23.1 Å². The number of thioether (sulfide) groups is 1. The second-order valence-electron chi connectivity index (χ2n) is 7.56. The topological polar surface area (TPSA) is 55.2 Å². The molecule has 158 valence electrons. The van der Waals surface area contributed by atoms with Crippen molar-refractivity contribution in [2.45, 2.75) is 44.7 Å². The summed E-state index contributed by atoms with van der Waals surface area (Å²) in [6, 6.07) is 5.79. The summed E-state index contributed by atoms with van der Waals surface area (Å²) < 4.78 is 15.0. The Morgan fingerprint density at radius 1 is 1.13 bits per heavy atom. The number of nitrogens with zero attached hydrogens (tertiary/aromatic N) is 3. The maximum atomic E-state index is 13.5. The van der Waals surface area contributed by atoms with Crippen LogP contribution in [0.5, 0.6) is 0 Å². The number of fused-ring (bicyclic) bond motifs is 1. The van der Waals surface area contributed by atoms with Crippen LogP contribution in [0.4, 0.5) is 4.39 Å². The molecule has 4 rings (SSSR count). The van der Waals surface area contributed by atoms with Crippen LogP contribution in [0.2, 0.25) is 0 Å². The van der Waals surface area contributed by atoms with Gasteiger partial charge in [0.05, 0.1) is 16.8 Å². The molecule has 1 fully saturated rings. The molecule has 0 radical (unpaired) electrons. The minimum absolute atomic E-state index is 0.0699. The summed E-state index contributed by atoms with van der Waals surface area (Å²) in [5.74, 6) is -0.0722. The molecule has 1 saturated heterocycles. The number of halogens is 1. The molecule has 0 unspecified atom stereocenters. The van der Waals surface area contributed by atoms with E-state index < -0.39 is 0 Å². The van der Waals surface area contributed by atoms with Crippen LogP contribution in [0.3, 0.4) is 0 Å². The lowest BCUT2D eigenvalue weighted by Crippen LogP contribution is -2.33. The number of amides is 1. The number of aryl methyl sites for hydroxylation is 2. The second-order valence-corrected chi connectivity index (χ2v) is 9.70. The molecular formula is C22H24FN3O2S2. The summed E-state index contributed by atoms with van der Waals surface area (Å²) >= 11 is 2.76. The van der Waals surface area contributed by atoms with E-state index in [9.17, 15) is 14.0 Å². The largest absolute Gasteiger partial charge is 0.342 e. The molecule has 3 aromatic rings. The predicted octanol–water partition coefficient (Wildman–Crippen LogP) is 4.70. The zero-order chi connectivity index (χ0) is 21.3. The fraction of sp³-hybridized carbons (Fsp3) is 0.409. The van der Waals surface area contributed by atoms with E-state index in [2.05, 4.69) is 0 Å². The van der Waals surface area contributed by atoms with Gasteiger partial charge in [0.1, 0.15) is 10.6 Å². The smallest absolute Gasteiger partial charge is 0.267 e. The average Bonchev–Trinajstić information content (AvgIpc) is 2.91. The molecule has 1 aliphatic heterocycles. The Bertz CT molecular complexity index is 1130. The molecule has 0 atom stereocenters. The highest BCUT2D eigenvalue weighted by atomic mass is 32.2. The van der Waals surface area contributed by atoms with Crippen molar-refractivity contribution in [3.63, 3.8) is 0 Å². The maximum Gasteiger partial charge on any atom is 0.267 e. The molecule has 1 aromatic carbocycles. The first-order valence-corrected chi connectivity index (χ1v) is 11.9. The summed E-state index contributed by atoms with van der Waals surface area (Å²) in [5, 5.41) is 1.05. The first-order valence-electron chi connectivity index (χ1n) is 10.1. The van der Waals surface area contributed by atoms with E-state index in [0.717, 1.165) is 49.2 Å². The van der Waals surface area contributed by atoms with Crippen molar-refractivity contribution in [1.82, 2.24) is 14.5 Å². The Kier molecular flexibility index (Phi) is 6.24. The molecule has 1 aliphatic rings. The van der Waals surface area contributed by atoms with Gasteiger partial charge >= 0.3 is 0 Å². The van der Waals surface area contributed by atoms with Crippen molar-refractivity contribution in [3.8, 4) is 5.69 Å². The van der Waals surface area contributed by atoms with Gasteiger partial charge < -0.3 is 4.90 Å². The van der Waals surface area contributed by atoms with Gasteiger partial charge in [-0.25, -0.2) is 9.37 Å². The van der Waals surface area contributed by atoms with E-state index >= 15 is 0 Å². The number of hydrogen-bond acceptors (Lipinski definition) is 5. The number of likely N-dealkylation sites (tertiary alicyclic amines) is 1. The minimum Gasteiger partial charge on any atom is -0.342 e. The number of aromatic nitrogens is 2. The molecule has 0 aliphatic carbocycles. The lowest BCUT2D eigenvalue weighted by atomic mass is 10.2. The third kappa shape index (κ3) is 4.16. The molecule has 3 heterocycles. The van der Waals surface area contributed by atoms with Crippen LogP contribution < -0.4 is 5.56 Å². The average molecular weight is 446 g/mol. The Hall–Kier alpha value is -2.19. The van der Waals surface area contributed by atoms with Gasteiger partial charge in [-0.1, -0.05) is 24.6 Å². The zero-order valence-corrected chi connectivity index (χ0v) is 18.7. The van der Waals surface area contributed by atoms with E-state index in [0.29, 0.717) is 21.1 Å². The van der Waals surface area contributed by atoms with E-state index in [1.165, 1.54) is 39.8 Å². The molecular weight excluding hydrogens is 421 g/mol. The highest BCUT2D eigenvalue weighted by Crippen LogP contribution is 2.29. The molecule has 8 heteroatoms. The SMILES string of the molecule is Cc1sc2nc(SCC(=O)N3CCCCCC3)n(-c3ccc(F)cc3)c(=O)c2c1C.